The summed E-state index contributed by atoms with van der Waals surface area (Å²) in [6.07, 6.45) is 0.870. The van der Waals surface area contributed by atoms with Crippen LogP contribution in [0.25, 0.3) is 5.76 Å². The van der Waals surface area contributed by atoms with E-state index in [9.17, 15) is 14.7 Å². The number of ketones is 1. The summed E-state index contributed by atoms with van der Waals surface area (Å²) in [6, 6.07) is 15.4. The SMILES string of the molecule is CCc1ccc(/C(O)=C2/C(=O)C(=O)N(c3cccc(Cl)c3)C2c2sccc2C)cc1. The van der Waals surface area contributed by atoms with Gasteiger partial charge in [-0.25, -0.2) is 0 Å². The van der Waals surface area contributed by atoms with E-state index in [2.05, 4.69) is 0 Å². The molecule has 1 N–H and O–H groups in total. The van der Waals surface area contributed by atoms with E-state index in [-0.39, 0.29) is 11.3 Å². The quantitative estimate of drug-likeness (QED) is 0.314. The summed E-state index contributed by atoms with van der Waals surface area (Å²) < 4.78 is 0. The minimum absolute atomic E-state index is 0.0924. The molecule has 0 aliphatic carbocycles. The third kappa shape index (κ3) is 3.44. The van der Waals surface area contributed by atoms with Crippen molar-refractivity contribution in [2.24, 2.45) is 0 Å². The minimum Gasteiger partial charge on any atom is -0.507 e. The van der Waals surface area contributed by atoms with Gasteiger partial charge in [0.05, 0.1) is 5.57 Å². The Balaban J connectivity index is 1.93. The molecule has 1 saturated heterocycles. The van der Waals surface area contributed by atoms with Crippen molar-refractivity contribution >= 4 is 46.1 Å². The second kappa shape index (κ2) is 8.09. The van der Waals surface area contributed by atoms with Crippen LogP contribution in [-0.4, -0.2) is 16.8 Å². The Kier molecular flexibility index (Phi) is 5.50. The second-order valence-corrected chi connectivity index (χ2v) is 8.55. The van der Waals surface area contributed by atoms with Gasteiger partial charge in [-0.15, -0.1) is 11.3 Å². The predicted octanol–water partition coefficient (Wildman–Crippen LogP) is 5.90. The predicted molar refractivity (Wildman–Crippen MR) is 121 cm³/mol. The molecule has 1 aliphatic rings. The zero-order valence-corrected chi connectivity index (χ0v) is 18.1. The third-order valence-electron chi connectivity index (χ3n) is 5.32. The molecular weight excluding hydrogens is 418 g/mol. The summed E-state index contributed by atoms with van der Waals surface area (Å²) in [7, 11) is 0. The van der Waals surface area contributed by atoms with Crippen LogP contribution in [0, 0.1) is 6.92 Å². The van der Waals surface area contributed by atoms with Crippen molar-refractivity contribution in [2.75, 3.05) is 4.90 Å². The first-order chi connectivity index (χ1) is 14.4. The van der Waals surface area contributed by atoms with Crippen molar-refractivity contribution in [2.45, 2.75) is 26.3 Å². The van der Waals surface area contributed by atoms with Crippen LogP contribution in [0.4, 0.5) is 5.69 Å². The lowest BCUT2D eigenvalue weighted by Gasteiger charge is -2.25. The first-order valence-corrected chi connectivity index (χ1v) is 10.9. The topological polar surface area (TPSA) is 57.6 Å². The summed E-state index contributed by atoms with van der Waals surface area (Å²) >= 11 is 7.60. The van der Waals surface area contributed by atoms with Crippen molar-refractivity contribution in [1.82, 2.24) is 0 Å². The molecule has 4 rings (SSSR count). The van der Waals surface area contributed by atoms with Crippen LogP contribution >= 0.6 is 22.9 Å². The molecule has 1 amide bonds. The molecule has 30 heavy (non-hydrogen) atoms. The van der Waals surface area contributed by atoms with Crippen LogP contribution in [0.5, 0.6) is 0 Å². The number of amides is 1. The fourth-order valence-corrected chi connectivity index (χ4v) is 4.90. The summed E-state index contributed by atoms with van der Waals surface area (Å²) in [4.78, 5) is 28.4. The Hall–Kier alpha value is -2.89. The number of carbonyl (C=O) groups is 2. The molecule has 0 bridgehead atoms. The fraction of sp³-hybridized carbons (Fsp3) is 0.167. The normalized spacial score (nSPS) is 18.2. The summed E-state index contributed by atoms with van der Waals surface area (Å²) in [5.74, 6) is -1.55. The van der Waals surface area contributed by atoms with Gasteiger partial charge in [-0.1, -0.05) is 48.9 Å². The first kappa shape index (κ1) is 20.4. The number of hydrogen-bond donors (Lipinski definition) is 1. The van der Waals surface area contributed by atoms with Crippen LogP contribution in [0.15, 0.2) is 65.6 Å². The van der Waals surface area contributed by atoms with Crippen LogP contribution in [0.3, 0.4) is 0 Å². The van der Waals surface area contributed by atoms with Crippen molar-refractivity contribution in [1.29, 1.82) is 0 Å². The molecule has 1 aliphatic heterocycles. The average molecular weight is 438 g/mol. The molecule has 2 heterocycles. The number of aliphatic hydroxyl groups excluding tert-OH is 1. The van der Waals surface area contributed by atoms with Crippen LogP contribution < -0.4 is 4.90 Å². The molecule has 0 saturated carbocycles. The summed E-state index contributed by atoms with van der Waals surface area (Å²) in [6.45, 7) is 3.98. The minimum atomic E-state index is -0.714. The maximum Gasteiger partial charge on any atom is 0.300 e. The van der Waals surface area contributed by atoms with E-state index in [1.807, 2.05) is 37.4 Å². The van der Waals surface area contributed by atoms with Gasteiger partial charge < -0.3 is 5.11 Å². The van der Waals surface area contributed by atoms with E-state index in [0.717, 1.165) is 22.4 Å². The molecule has 4 nitrogen and oxygen atoms in total. The highest BCUT2D eigenvalue weighted by atomic mass is 35.5. The molecule has 1 aromatic heterocycles. The largest absolute Gasteiger partial charge is 0.507 e. The molecule has 1 fully saturated rings. The lowest BCUT2D eigenvalue weighted by atomic mass is 9.97. The maximum atomic E-state index is 13.1. The highest BCUT2D eigenvalue weighted by Crippen LogP contribution is 2.45. The Bertz CT molecular complexity index is 1160. The van der Waals surface area contributed by atoms with Crippen molar-refractivity contribution < 1.29 is 14.7 Å². The number of rotatable bonds is 4. The Morgan fingerprint density at radius 2 is 1.87 bits per heavy atom. The Labute approximate surface area is 184 Å². The zero-order chi connectivity index (χ0) is 21.4. The standard InChI is InChI=1S/C24H20ClNO3S/c1-3-15-7-9-16(10-8-15)21(27)19-20(23-14(2)11-12-30-23)26(24(29)22(19)28)18-6-4-5-17(25)13-18/h4-13,20,27H,3H2,1-2H3/b21-19-. The number of aryl methyl sites for hydroxylation is 2. The number of aliphatic hydroxyl groups is 1. The molecule has 1 atom stereocenters. The number of halogens is 1. The van der Waals surface area contributed by atoms with Crippen LogP contribution in [-0.2, 0) is 16.0 Å². The van der Waals surface area contributed by atoms with Gasteiger partial charge in [-0.3, -0.25) is 14.5 Å². The molecule has 6 heteroatoms. The van der Waals surface area contributed by atoms with Crippen LogP contribution in [0.1, 0.15) is 34.5 Å². The van der Waals surface area contributed by atoms with E-state index in [1.54, 1.807) is 36.4 Å². The van der Waals surface area contributed by atoms with Crippen molar-refractivity contribution in [3.63, 3.8) is 0 Å². The average Bonchev–Trinajstić information content (AvgIpc) is 3.28. The number of anilines is 1. The van der Waals surface area contributed by atoms with Gasteiger partial charge in [0.2, 0.25) is 0 Å². The number of hydrogen-bond acceptors (Lipinski definition) is 4. The van der Waals surface area contributed by atoms with E-state index in [0.29, 0.717) is 16.3 Å². The van der Waals surface area contributed by atoms with Gasteiger partial charge in [0, 0.05) is 21.2 Å². The van der Waals surface area contributed by atoms with Gasteiger partial charge in [0.25, 0.3) is 11.7 Å². The Morgan fingerprint density at radius 1 is 1.13 bits per heavy atom. The van der Waals surface area contributed by atoms with Gasteiger partial charge in [-0.2, -0.15) is 0 Å². The summed E-state index contributed by atoms with van der Waals surface area (Å²) in [5.41, 5.74) is 3.19. The molecule has 0 spiro atoms. The highest BCUT2D eigenvalue weighted by molar-refractivity contribution is 7.10. The Morgan fingerprint density at radius 3 is 2.47 bits per heavy atom. The molecule has 1 unspecified atom stereocenters. The molecular formula is C24H20ClNO3S. The van der Waals surface area contributed by atoms with E-state index in [1.165, 1.54) is 16.2 Å². The number of thiophene rings is 1. The van der Waals surface area contributed by atoms with E-state index < -0.39 is 17.7 Å². The smallest absolute Gasteiger partial charge is 0.300 e. The number of Topliss-reactive ketones (excluding diaryl/α,β-unsaturated/α-hetero) is 1. The second-order valence-electron chi connectivity index (χ2n) is 7.17. The first-order valence-electron chi connectivity index (χ1n) is 9.62. The molecule has 0 radical (unpaired) electrons. The molecule has 3 aromatic rings. The lowest BCUT2D eigenvalue weighted by Crippen LogP contribution is -2.29. The summed E-state index contributed by atoms with van der Waals surface area (Å²) in [5, 5.41) is 13.5. The number of carbonyl (C=O) groups excluding carboxylic acids is 2. The van der Waals surface area contributed by atoms with E-state index >= 15 is 0 Å². The van der Waals surface area contributed by atoms with Gasteiger partial charge in [0.1, 0.15) is 11.8 Å². The lowest BCUT2D eigenvalue weighted by molar-refractivity contribution is -0.132. The molecule has 2 aromatic carbocycles. The zero-order valence-electron chi connectivity index (χ0n) is 16.6. The van der Waals surface area contributed by atoms with Gasteiger partial charge >= 0.3 is 0 Å². The van der Waals surface area contributed by atoms with Gasteiger partial charge in [-0.05, 0) is 54.1 Å². The monoisotopic (exact) mass is 437 g/mol. The maximum absolute atomic E-state index is 13.1. The fourth-order valence-electron chi connectivity index (χ4n) is 3.69. The number of benzene rings is 2. The van der Waals surface area contributed by atoms with E-state index in [4.69, 9.17) is 11.6 Å². The molecule has 152 valence electrons. The van der Waals surface area contributed by atoms with Crippen molar-refractivity contribution in [3.05, 3.63) is 92.1 Å². The third-order valence-corrected chi connectivity index (χ3v) is 6.62. The van der Waals surface area contributed by atoms with Crippen molar-refractivity contribution in [3.8, 4) is 0 Å². The van der Waals surface area contributed by atoms with Crippen LogP contribution in [0.2, 0.25) is 5.02 Å². The number of nitrogens with zero attached hydrogens (tertiary/aromatic N) is 1. The van der Waals surface area contributed by atoms with Gasteiger partial charge in [0.15, 0.2) is 0 Å². The highest BCUT2D eigenvalue weighted by Gasteiger charge is 2.47.